The first-order chi connectivity index (χ1) is 16.2. The zero-order valence-electron chi connectivity index (χ0n) is 18.5. The molecule has 0 fully saturated rings. The molecule has 0 saturated heterocycles. The first kappa shape index (κ1) is 25.8. The fourth-order valence-corrected chi connectivity index (χ4v) is 7.04. The number of nitrogens with two attached hydrogens (primary N) is 2. The summed E-state index contributed by atoms with van der Waals surface area (Å²) in [5, 5.41) is 22.1. The molecule has 0 radical (unpaired) electrons. The summed E-state index contributed by atoms with van der Waals surface area (Å²) in [5.74, 6) is -0.209. The van der Waals surface area contributed by atoms with Crippen molar-refractivity contribution in [2.75, 3.05) is 0 Å². The third kappa shape index (κ3) is 4.52. The number of hydrogen-bond acceptors (Lipinski definition) is 5. The molecule has 0 atom stereocenters. The van der Waals surface area contributed by atoms with Gasteiger partial charge in [-0.25, -0.2) is 27.1 Å². The number of halogens is 2. The van der Waals surface area contributed by atoms with Crippen LogP contribution in [0.5, 0.6) is 5.75 Å². The second-order valence-corrected chi connectivity index (χ2v) is 12.8. The maximum Gasteiger partial charge on any atom is 0.239 e. The van der Waals surface area contributed by atoms with E-state index in [-0.39, 0.29) is 32.5 Å². The standard InChI is InChI=1S/C24H20Br2N2O5S2/c1-12-15(5-3-7-19(12)25)21-17-10-9-14(29)11-18(17)23(34(27,30)31)22(24(21)35(28,32)33)16-6-4-8-20(26)13(16)2/h3-11,29H,1-2H3,(H2,27,30,31)(H2,28,32,33). The molecule has 0 heterocycles. The molecule has 0 spiro atoms. The van der Waals surface area contributed by atoms with Crippen LogP contribution in [0.25, 0.3) is 33.0 Å². The Morgan fingerprint density at radius 2 is 1.17 bits per heavy atom. The van der Waals surface area contributed by atoms with Crippen molar-refractivity contribution in [2.45, 2.75) is 23.6 Å². The van der Waals surface area contributed by atoms with Crippen LogP contribution >= 0.6 is 31.9 Å². The summed E-state index contributed by atoms with van der Waals surface area (Å²) in [7, 11) is -9.03. The lowest BCUT2D eigenvalue weighted by Gasteiger charge is -2.23. The molecule has 11 heteroatoms. The predicted molar refractivity (Wildman–Crippen MR) is 144 cm³/mol. The lowest BCUT2D eigenvalue weighted by atomic mass is 9.89. The van der Waals surface area contributed by atoms with Gasteiger partial charge < -0.3 is 5.11 Å². The van der Waals surface area contributed by atoms with Crippen molar-refractivity contribution >= 4 is 62.7 Å². The summed E-state index contributed by atoms with van der Waals surface area (Å²) in [6.07, 6.45) is 0. The van der Waals surface area contributed by atoms with Gasteiger partial charge in [-0.2, -0.15) is 0 Å². The fraction of sp³-hybridized carbons (Fsp3) is 0.0833. The molecule has 0 amide bonds. The first-order valence-electron chi connectivity index (χ1n) is 10.1. The smallest absolute Gasteiger partial charge is 0.239 e. The quantitative estimate of drug-likeness (QED) is 0.277. The topological polar surface area (TPSA) is 141 Å². The van der Waals surface area contributed by atoms with Crippen LogP contribution in [0.15, 0.2) is 73.3 Å². The van der Waals surface area contributed by atoms with Gasteiger partial charge in [-0.1, -0.05) is 56.1 Å². The Labute approximate surface area is 220 Å². The summed E-state index contributed by atoms with van der Waals surface area (Å²) >= 11 is 6.91. The van der Waals surface area contributed by atoms with Gasteiger partial charge in [0.2, 0.25) is 20.0 Å². The molecule has 0 aliphatic carbocycles. The molecule has 4 aromatic rings. The van der Waals surface area contributed by atoms with Gasteiger partial charge in [-0.3, -0.25) is 0 Å². The molecule has 5 N–H and O–H groups in total. The molecule has 0 unspecified atom stereocenters. The highest BCUT2D eigenvalue weighted by Gasteiger charge is 2.33. The number of rotatable bonds is 4. The lowest BCUT2D eigenvalue weighted by Crippen LogP contribution is -2.20. The Balaban J connectivity index is 2.48. The third-order valence-corrected chi connectivity index (χ3v) is 9.53. The Bertz CT molecular complexity index is 1750. The van der Waals surface area contributed by atoms with E-state index >= 15 is 0 Å². The maximum absolute atomic E-state index is 13.3. The van der Waals surface area contributed by atoms with Crippen LogP contribution in [0.3, 0.4) is 0 Å². The number of phenols is 1. The normalized spacial score (nSPS) is 12.3. The highest BCUT2D eigenvalue weighted by Crippen LogP contribution is 2.48. The fourth-order valence-electron chi connectivity index (χ4n) is 4.27. The van der Waals surface area contributed by atoms with Crippen LogP contribution in [-0.2, 0) is 20.0 Å². The second-order valence-electron chi connectivity index (χ2n) is 8.05. The minimum absolute atomic E-state index is 0.0728. The molecule has 4 aromatic carbocycles. The van der Waals surface area contributed by atoms with Gasteiger partial charge in [-0.05, 0) is 71.8 Å². The zero-order chi connectivity index (χ0) is 25.9. The summed E-state index contributed by atoms with van der Waals surface area (Å²) in [5.41, 5.74) is 2.19. The van der Waals surface area contributed by atoms with Crippen molar-refractivity contribution in [3.63, 3.8) is 0 Å². The van der Waals surface area contributed by atoms with Crippen LogP contribution in [-0.4, -0.2) is 21.9 Å². The molecule has 0 aliphatic heterocycles. The number of primary sulfonamides is 2. The Hall–Kier alpha value is -2.28. The van der Waals surface area contributed by atoms with Crippen LogP contribution < -0.4 is 10.3 Å². The van der Waals surface area contributed by atoms with Crippen molar-refractivity contribution in [3.05, 3.63) is 74.7 Å². The van der Waals surface area contributed by atoms with Crippen molar-refractivity contribution in [3.8, 4) is 28.0 Å². The van der Waals surface area contributed by atoms with Crippen LogP contribution in [0.2, 0.25) is 0 Å². The molecule has 4 rings (SSSR count). The van der Waals surface area contributed by atoms with E-state index in [2.05, 4.69) is 31.9 Å². The molecule has 0 bridgehead atoms. The van der Waals surface area contributed by atoms with E-state index in [0.717, 1.165) is 4.47 Å². The maximum atomic E-state index is 13.3. The third-order valence-electron chi connectivity index (χ3n) is 5.84. The Morgan fingerprint density at radius 1 is 0.686 bits per heavy atom. The van der Waals surface area contributed by atoms with E-state index < -0.39 is 24.9 Å². The first-order valence-corrected chi connectivity index (χ1v) is 14.8. The predicted octanol–water partition coefficient (Wildman–Crippen LogP) is 5.32. The van der Waals surface area contributed by atoms with Crippen LogP contribution in [0, 0.1) is 13.8 Å². The second kappa shape index (κ2) is 8.99. The monoisotopic (exact) mass is 638 g/mol. The summed E-state index contributed by atoms with van der Waals surface area (Å²) in [6.45, 7) is 3.52. The highest BCUT2D eigenvalue weighted by atomic mass is 79.9. The SMILES string of the molecule is Cc1c(Br)cccc1-c1c(S(N)(=O)=O)c(-c2cccc(Br)c2C)c2ccc(O)cc2c1S(N)(=O)=O. The number of sulfonamides is 2. The number of fused-ring (bicyclic) bond motifs is 1. The zero-order valence-corrected chi connectivity index (χ0v) is 23.3. The summed E-state index contributed by atoms with van der Waals surface area (Å²) < 4.78 is 54.0. The average Bonchev–Trinajstić information content (AvgIpc) is 2.74. The van der Waals surface area contributed by atoms with Crippen molar-refractivity contribution in [1.82, 2.24) is 0 Å². The van der Waals surface area contributed by atoms with Gasteiger partial charge in [0, 0.05) is 25.5 Å². The van der Waals surface area contributed by atoms with E-state index in [1.807, 2.05) is 6.07 Å². The van der Waals surface area contributed by atoms with Gasteiger partial charge >= 0.3 is 0 Å². The van der Waals surface area contributed by atoms with Gasteiger partial charge in [0.1, 0.15) is 5.75 Å². The van der Waals surface area contributed by atoms with E-state index in [9.17, 15) is 21.9 Å². The van der Waals surface area contributed by atoms with Crippen LogP contribution in [0.1, 0.15) is 11.1 Å². The number of aromatic hydroxyl groups is 1. The molecule has 7 nitrogen and oxygen atoms in total. The van der Waals surface area contributed by atoms with Gasteiger partial charge in [-0.15, -0.1) is 0 Å². The van der Waals surface area contributed by atoms with Gasteiger partial charge in [0.25, 0.3) is 0 Å². The minimum Gasteiger partial charge on any atom is -0.508 e. The van der Waals surface area contributed by atoms with Crippen molar-refractivity contribution in [1.29, 1.82) is 0 Å². The highest BCUT2D eigenvalue weighted by molar-refractivity contribution is 9.10. The number of benzene rings is 4. The summed E-state index contributed by atoms with van der Waals surface area (Å²) in [4.78, 5) is -0.813. The minimum atomic E-state index is -4.52. The van der Waals surface area contributed by atoms with E-state index in [1.165, 1.54) is 18.2 Å². The van der Waals surface area contributed by atoms with Crippen LogP contribution in [0.4, 0.5) is 0 Å². The number of hydrogen-bond donors (Lipinski definition) is 3. The van der Waals surface area contributed by atoms with Crippen molar-refractivity contribution < 1.29 is 21.9 Å². The Morgan fingerprint density at radius 3 is 1.66 bits per heavy atom. The van der Waals surface area contributed by atoms with E-state index in [0.29, 0.717) is 26.7 Å². The average molecular weight is 640 g/mol. The lowest BCUT2D eigenvalue weighted by molar-refractivity contribution is 0.476. The molecule has 0 saturated carbocycles. The largest absolute Gasteiger partial charge is 0.508 e. The molecule has 0 aromatic heterocycles. The van der Waals surface area contributed by atoms with E-state index in [4.69, 9.17) is 10.3 Å². The van der Waals surface area contributed by atoms with E-state index in [1.54, 1.807) is 44.2 Å². The van der Waals surface area contributed by atoms with Gasteiger partial charge in [0.15, 0.2) is 0 Å². The molecular formula is C24H20Br2N2O5S2. The molecule has 182 valence electrons. The van der Waals surface area contributed by atoms with Crippen molar-refractivity contribution in [2.24, 2.45) is 10.3 Å². The molecule has 35 heavy (non-hydrogen) atoms. The number of phenolic OH excluding ortho intramolecular Hbond substituents is 1. The summed E-state index contributed by atoms with van der Waals surface area (Å²) in [6, 6.07) is 14.3. The molecular weight excluding hydrogens is 620 g/mol. The Kier molecular flexibility index (Phi) is 6.62. The molecule has 0 aliphatic rings. The van der Waals surface area contributed by atoms with Gasteiger partial charge in [0.05, 0.1) is 9.79 Å².